The molecule has 0 aromatic heterocycles. The largest absolute Gasteiger partial charge is 1.00 e. The Hall–Kier alpha value is 1.31. The first-order valence-electron chi connectivity index (χ1n) is 1.02. The van der Waals surface area contributed by atoms with Gasteiger partial charge in [0, 0.05) is 6.61 Å². The Labute approximate surface area is 63.0 Å². The molecule has 1 N–H and O–H groups in total. The third kappa shape index (κ3) is 33.9. The molecule has 0 fully saturated rings. The van der Waals surface area contributed by atoms with Gasteiger partial charge in [-0.2, -0.15) is 13.5 Å². The minimum atomic E-state index is 0. The van der Waals surface area contributed by atoms with Crippen LogP contribution in [0.15, 0.2) is 0 Å². The van der Waals surface area contributed by atoms with Crippen LogP contribution in [0.25, 0.3) is 0 Å². The van der Waals surface area contributed by atoms with Crippen molar-refractivity contribution in [2.24, 2.45) is 0 Å². The molecule has 0 saturated carbocycles. The predicted molar refractivity (Wildman–Crippen MR) is 24.3 cm³/mol. The van der Waals surface area contributed by atoms with E-state index in [0.29, 0.717) is 0 Å². The van der Waals surface area contributed by atoms with E-state index in [1.165, 1.54) is 0 Å². The average molecular weight is 104 g/mol. The molecule has 0 radical (unpaired) electrons. The molecule has 0 spiro atoms. The van der Waals surface area contributed by atoms with Crippen molar-refractivity contribution in [2.45, 2.75) is 6.92 Å². The van der Waals surface area contributed by atoms with Crippen LogP contribution in [-0.2, 0) is 0 Å². The van der Waals surface area contributed by atoms with E-state index < -0.39 is 0 Å². The summed E-state index contributed by atoms with van der Waals surface area (Å²) in [5.74, 6) is 0. The molecule has 0 rings (SSSR count). The summed E-state index contributed by atoms with van der Waals surface area (Å²) in [7, 11) is 0. The molecule has 30 valence electrons. The molecule has 0 saturated heterocycles. The topological polar surface area (TPSA) is 20.2 Å². The van der Waals surface area contributed by atoms with Crippen molar-refractivity contribution in [2.75, 3.05) is 6.61 Å². The summed E-state index contributed by atoms with van der Waals surface area (Å²) in [5.41, 5.74) is 0. The fourth-order valence-corrected chi connectivity index (χ4v) is 0. The Balaban J connectivity index is -0.00000000667. The molecular weight excluding hydrogens is 95.1 g/mol. The maximum absolute atomic E-state index is 7.57. The van der Waals surface area contributed by atoms with E-state index in [2.05, 4.69) is 0 Å². The summed E-state index contributed by atoms with van der Waals surface area (Å²) in [6.07, 6.45) is 0. The molecule has 5 heavy (non-hydrogen) atoms. The van der Waals surface area contributed by atoms with Gasteiger partial charge in [0.05, 0.1) is 0 Å². The zero-order valence-corrected chi connectivity index (χ0v) is 6.65. The van der Waals surface area contributed by atoms with Crippen molar-refractivity contribution in [3.8, 4) is 0 Å². The summed E-state index contributed by atoms with van der Waals surface area (Å²) in [6, 6.07) is 0. The molecule has 0 aliphatic heterocycles. The first-order chi connectivity index (χ1) is 1.41. The average Bonchev–Trinajstić information content (AvgIpc) is 0.918. The monoisotopic (exact) mass is 104 g/mol. The van der Waals surface area contributed by atoms with E-state index in [1.807, 2.05) is 0 Å². The Kier molecular flexibility index (Phi) is 60.0. The second kappa shape index (κ2) is 18.5. The number of hydrogen-bond donors (Lipinski definition) is 1. The Morgan fingerprint density at radius 2 is 1.80 bits per heavy atom. The fraction of sp³-hybridized carbons (Fsp3) is 1.00. The van der Waals surface area contributed by atoms with Crippen LogP contribution in [0.3, 0.4) is 0 Å². The van der Waals surface area contributed by atoms with Crippen LogP contribution in [0, 0.1) is 0 Å². The minimum absolute atomic E-state index is 0. The molecule has 0 bridgehead atoms. The standard InChI is InChI=1S/C2H6O.Na.H2S.H/c1-2-3;;;/h3H,2H2,1H3;;1H2;/q;+1;;-1. The van der Waals surface area contributed by atoms with Crippen molar-refractivity contribution in [3.63, 3.8) is 0 Å². The molecule has 1 nitrogen and oxygen atoms in total. The van der Waals surface area contributed by atoms with Crippen molar-refractivity contribution >= 4 is 13.5 Å². The van der Waals surface area contributed by atoms with Crippen LogP contribution < -0.4 is 29.6 Å². The van der Waals surface area contributed by atoms with Crippen molar-refractivity contribution in [3.05, 3.63) is 0 Å². The summed E-state index contributed by atoms with van der Waals surface area (Å²) in [5, 5.41) is 7.57. The zero-order valence-electron chi connectivity index (χ0n) is 4.65. The van der Waals surface area contributed by atoms with Gasteiger partial charge in [-0.05, 0) is 6.92 Å². The fourth-order valence-electron chi connectivity index (χ4n) is 0. The van der Waals surface area contributed by atoms with Crippen LogP contribution in [0.5, 0.6) is 0 Å². The van der Waals surface area contributed by atoms with Crippen molar-refractivity contribution < 1.29 is 36.1 Å². The second-order valence-corrected chi connectivity index (χ2v) is 0.316. The molecule has 0 aromatic carbocycles. The number of aliphatic hydroxyl groups excluding tert-OH is 1. The van der Waals surface area contributed by atoms with E-state index in [4.69, 9.17) is 5.11 Å². The van der Waals surface area contributed by atoms with E-state index in [0.717, 1.165) is 0 Å². The van der Waals surface area contributed by atoms with E-state index in [-0.39, 0.29) is 51.1 Å². The third-order valence-corrected chi connectivity index (χ3v) is 0. The number of rotatable bonds is 0. The van der Waals surface area contributed by atoms with Gasteiger partial charge < -0.3 is 6.53 Å². The smallest absolute Gasteiger partial charge is 1.00 e. The van der Waals surface area contributed by atoms with Gasteiger partial charge >= 0.3 is 29.6 Å². The third-order valence-electron chi connectivity index (χ3n) is 0. The Morgan fingerprint density at radius 1 is 1.80 bits per heavy atom. The molecule has 0 amide bonds. The quantitative estimate of drug-likeness (QED) is 0.330. The Morgan fingerprint density at radius 3 is 1.80 bits per heavy atom. The van der Waals surface area contributed by atoms with Gasteiger partial charge in [0.2, 0.25) is 0 Å². The predicted octanol–water partition coefficient (Wildman–Crippen LogP) is -2.77. The Bertz CT molecular complexity index is 13.5. The van der Waals surface area contributed by atoms with Gasteiger partial charge in [-0.3, -0.25) is 0 Å². The van der Waals surface area contributed by atoms with E-state index >= 15 is 0 Å². The summed E-state index contributed by atoms with van der Waals surface area (Å²) >= 11 is 0. The maximum Gasteiger partial charge on any atom is 1.00 e. The van der Waals surface area contributed by atoms with Crippen molar-refractivity contribution in [1.82, 2.24) is 0 Å². The van der Waals surface area contributed by atoms with Gasteiger partial charge in [0.15, 0.2) is 0 Å². The van der Waals surface area contributed by atoms with Gasteiger partial charge in [-0.1, -0.05) is 0 Å². The summed E-state index contributed by atoms with van der Waals surface area (Å²) in [6.45, 7) is 1.93. The SMILES string of the molecule is CCO.S.[H-].[Na+]. The number of aliphatic hydroxyl groups is 1. The zero-order chi connectivity index (χ0) is 2.71. The number of hydrogen-bond acceptors (Lipinski definition) is 1. The molecule has 0 atom stereocenters. The van der Waals surface area contributed by atoms with Crippen LogP contribution in [0.4, 0.5) is 0 Å². The molecule has 0 unspecified atom stereocenters. The van der Waals surface area contributed by atoms with Crippen molar-refractivity contribution in [1.29, 1.82) is 0 Å². The van der Waals surface area contributed by atoms with E-state index in [9.17, 15) is 0 Å². The van der Waals surface area contributed by atoms with Crippen LogP contribution in [-0.4, -0.2) is 11.7 Å². The first kappa shape index (κ1) is 16.2. The molecule has 0 aliphatic carbocycles. The molecule has 0 aromatic rings. The molecule has 0 aliphatic rings. The second-order valence-electron chi connectivity index (χ2n) is 0.316. The molecule has 3 heteroatoms. The minimum Gasteiger partial charge on any atom is -1.00 e. The maximum atomic E-state index is 7.57. The van der Waals surface area contributed by atoms with Crippen LogP contribution in [0.1, 0.15) is 8.35 Å². The normalized spacial score (nSPS) is 3.60. The summed E-state index contributed by atoms with van der Waals surface area (Å²) < 4.78 is 0. The van der Waals surface area contributed by atoms with Gasteiger partial charge in [0.25, 0.3) is 0 Å². The van der Waals surface area contributed by atoms with Gasteiger partial charge in [-0.15, -0.1) is 0 Å². The van der Waals surface area contributed by atoms with Crippen LogP contribution in [0.2, 0.25) is 0 Å². The summed E-state index contributed by atoms with van der Waals surface area (Å²) in [4.78, 5) is 0. The first-order valence-corrected chi connectivity index (χ1v) is 1.02. The van der Waals surface area contributed by atoms with Gasteiger partial charge in [-0.25, -0.2) is 0 Å². The molecule has 0 heterocycles. The van der Waals surface area contributed by atoms with Crippen LogP contribution >= 0.6 is 13.5 Å². The molecular formula is C2H9NaOS. The van der Waals surface area contributed by atoms with E-state index in [1.54, 1.807) is 6.92 Å². The van der Waals surface area contributed by atoms with Gasteiger partial charge in [0.1, 0.15) is 0 Å².